The van der Waals surface area contributed by atoms with Crippen molar-refractivity contribution >= 4 is 21.8 Å². The molecule has 3 N–H and O–H groups in total. The molecule has 0 spiro atoms. The van der Waals surface area contributed by atoms with E-state index in [-0.39, 0.29) is 5.84 Å². The highest BCUT2D eigenvalue weighted by Gasteiger charge is 2.13. The van der Waals surface area contributed by atoms with E-state index in [0.29, 0.717) is 17.2 Å². The van der Waals surface area contributed by atoms with Crippen LogP contribution in [0.5, 0.6) is 11.5 Å². The SMILES string of the molecule is CC(C)c1ccccc1Oc1ccc(Br)cc1/C(N)=N/O. The van der Waals surface area contributed by atoms with Gasteiger partial charge in [-0.05, 0) is 35.7 Å². The van der Waals surface area contributed by atoms with Gasteiger partial charge in [0.2, 0.25) is 0 Å². The summed E-state index contributed by atoms with van der Waals surface area (Å²) >= 11 is 3.37. The Bertz CT molecular complexity index is 669. The van der Waals surface area contributed by atoms with Gasteiger partial charge in [0.1, 0.15) is 11.5 Å². The van der Waals surface area contributed by atoms with Crippen molar-refractivity contribution in [1.82, 2.24) is 0 Å². The van der Waals surface area contributed by atoms with Gasteiger partial charge in [0, 0.05) is 4.47 Å². The van der Waals surface area contributed by atoms with Gasteiger partial charge in [-0.2, -0.15) is 0 Å². The molecule has 0 amide bonds. The molecule has 0 aliphatic heterocycles. The minimum Gasteiger partial charge on any atom is -0.456 e. The lowest BCUT2D eigenvalue weighted by molar-refractivity contribution is 0.318. The molecule has 0 aliphatic rings. The zero-order valence-electron chi connectivity index (χ0n) is 11.9. The molecule has 2 rings (SSSR count). The van der Waals surface area contributed by atoms with Crippen LogP contribution >= 0.6 is 15.9 Å². The van der Waals surface area contributed by atoms with Crippen molar-refractivity contribution in [2.24, 2.45) is 10.9 Å². The van der Waals surface area contributed by atoms with E-state index < -0.39 is 0 Å². The summed E-state index contributed by atoms with van der Waals surface area (Å²) in [5.41, 5.74) is 7.35. The maximum atomic E-state index is 8.90. The number of hydrogen-bond acceptors (Lipinski definition) is 3. The molecule has 0 aliphatic carbocycles. The smallest absolute Gasteiger partial charge is 0.173 e. The third kappa shape index (κ3) is 3.55. The van der Waals surface area contributed by atoms with E-state index in [1.165, 1.54) is 0 Å². The van der Waals surface area contributed by atoms with Gasteiger partial charge in [-0.15, -0.1) is 0 Å². The summed E-state index contributed by atoms with van der Waals surface area (Å²) in [5.74, 6) is 1.65. The molecule has 21 heavy (non-hydrogen) atoms. The summed E-state index contributed by atoms with van der Waals surface area (Å²) in [5, 5.41) is 12.0. The molecule has 5 heteroatoms. The van der Waals surface area contributed by atoms with Gasteiger partial charge in [0.25, 0.3) is 0 Å². The third-order valence-electron chi connectivity index (χ3n) is 3.09. The Morgan fingerprint density at radius 2 is 1.90 bits per heavy atom. The molecule has 0 fully saturated rings. The predicted molar refractivity (Wildman–Crippen MR) is 87.3 cm³/mol. The minimum absolute atomic E-state index is 0.00771. The fraction of sp³-hybridized carbons (Fsp3) is 0.188. The highest BCUT2D eigenvalue weighted by molar-refractivity contribution is 9.10. The van der Waals surface area contributed by atoms with E-state index in [1.54, 1.807) is 12.1 Å². The average molecular weight is 349 g/mol. The third-order valence-corrected chi connectivity index (χ3v) is 3.58. The standard InChI is InChI=1S/C16H17BrN2O2/c1-10(2)12-5-3-4-6-14(12)21-15-8-7-11(17)9-13(15)16(18)19-20/h3-10,20H,1-2H3,(H2,18,19). The van der Waals surface area contributed by atoms with E-state index >= 15 is 0 Å². The second-order valence-corrected chi connectivity index (χ2v) is 5.84. The summed E-state index contributed by atoms with van der Waals surface area (Å²) in [6.45, 7) is 4.21. The Morgan fingerprint density at radius 1 is 1.19 bits per heavy atom. The number of oxime groups is 1. The fourth-order valence-corrected chi connectivity index (χ4v) is 2.38. The van der Waals surface area contributed by atoms with Crippen LogP contribution in [0.3, 0.4) is 0 Å². The number of benzene rings is 2. The van der Waals surface area contributed by atoms with Crippen molar-refractivity contribution in [3.63, 3.8) is 0 Å². The van der Waals surface area contributed by atoms with Gasteiger partial charge in [0.15, 0.2) is 5.84 Å². The molecule has 2 aromatic carbocycles. The van der Waals surface area contributed by atoms with Crippen molar-refractivity contribution in [2.45, 2.75) is 19.8 Å². The molecule has 0 radical (unpaired) electrons. The van der Waals surface area contributed by atoms with Crippen molar-refractivity contribution in [1.29, 1.82) is 0 Å². The lowest BCUT2D eigenvalue weighted by Crippen LogP contribution is -2.14. The van der Waals surface area contributed by atoms with Gasteiger partial charge < -0.3 is 15.7 Å². The average Bonchev–Trinajstić information content (AvgIpc) is 2.48. The van der Waals surface area contributed by atoms with Crippen LogP contribution < -0.4 is 10.5 Å². The normalized spacial score (nSPS) is 11.7. The Balaban J connectivity index is 2.45. The monoisotopic (exact) mass is 348 g/mol. The zero-order valence-corrected chi connectivity index (χ0v) is 13.5. The van der Waals surface area contributed by atoms with Crippen LogP contribution in [0.15, 0.2) is 52.1 Å². The molecule has 0 saturated heterocycles. The Kier molecular flexibility index (Phi) is 4.85. The quantitative estimate of drug-likeness (QED) is 0.371. The van der Waals surface area contributed by atoms with Crippen LogP contribution in [-0.4, -0.2) is 11.0 Å². The highest BCUT2D eigenvalue weighted by atomic mass is 79.9. The van der Waals surface area contributed by atoms with Crippen LogP contribution in [0.2, 0.25) is 0 Å². The lowest BCUT2D eigenvalue weighted by atomic mass is 10.0. The Hall–Kier alpha value is -2.01. The number of ether oxygens (including phenoxy) is 1. The van der Waals surface area contributed by atoms with E-state index in [0.717, 1.165) is 15.8 Å². The molecule has 0 atom stereocenters. The van der Waals surface area contributed by atoms with E-state index in [9.17, 15) is 0 Å². The molecule has 0 heterocycles. The number of halogens is 1. The van der Waals surface area contributed by atoms with Gasteiger partial charge in [-0.3, -0.25) is 0 Å². The summed E-state index contributed by atoms with van der Waals surface area (Å²) < 4.78 is 6.81. The maximum Gasteiger partial charge on any atom is 0.173 e. The first-order chi connectivity index (χ1) is 10.0. The highest BCUT2D eigenvalue weighted by Crippen LogP contribution is 2.33. The molecular formula is C16H17BrN2O2. The lowest BCUT2D eigenvalue weighted by Gasteiger charge is -2.15. The Labute approximate surface area is 132 Å². The van der Waals surface area contributed by atoms with Crippen LogP contribution in [0.1, 0.15) is 30.9 Å². The summed E-state index contributed by atoms with van der Waals surface area (Å²) in [7, 11) is 0. The van der Waals surface area contributed by atoms with E-state index in [1.807, 2.05) is 30.3 Å². The van der Waals surface area contributed by atoms with Gasteiger partial charge in [-0.25, -0.2) is 0 Å². The molecule has 0 bridgehead atoms. The summed E-state index contributed by atoms with van der Waals surface area (Å²) in [6, 6.07) is 13.2. The number of nitrogens with zero attached hydrogens (tertiary/aromatic N) is 1. The second kappa shape index (κ2) is 6.63. The van der Waals surface area contributed by atoms with Crippen LogP contribution in [0, 0.1) is 0 Å². The van der Waals surface area contributed by atoms with Crippen LogP contribution in [-0.2, 0) is 0 Å². The molecule has 0 saturated carbocycles. The first kappa shape index (κ1) is 15.4. The molecular weight excluding hydrogens is 332 g/mol. The summed E-state index contributed by atoms with van der Waals surface area (Å²) in [6.07, 6.45) is 0. The van der Waals surface area contributed by atoms with Gasteiger partial charge >= 0.3 is 0 Å². The van der Waals surface area contributed by atoms with Crippen LogP contribution in [0.25, 0.3) is 0 Å². The largest absolute Gasteiger partial charge is 0.456 e. The van der Waals surface area contributed by atoms with E-state index in [2.05, 4.69) is 34.9 Å². The number of hydrogen-bond donors (Lipinski definition) is 2. The predicted octanol–water partition coefficient (Wildman–Crippen LogP) is 4.46. The molecule has 0 aromatic heterocycles. The van der Waals surface area contributed by atoms with Crippen molar-refractivity contribution < 1.29 is 9.94 Å². The minimum atomic E-state index is 0.00771. The van der Waals surface area contributed by atoms with Gasteiger partial charge in [0.05, 0.1) is 5.56 Å². The van der Waals surface area contributed by atoms with Crippen molar-refractivity contribution in [3.05, 3.63) is 58.1 Å². The van der Waals surface area contributed by atoms with Gasteiger partial charge in [-0.1, -0.05) is 53.1 Å². The maximum absolute atomic E-state index is 8.90. The number of amidine groups is 1. The molecule has 0 unspecified atom stereocenters. The van der Waals surface area contributed by atoms with E-state index in [4.69, 9.17) is 15.7 Å². The number of nitrogens with two attached hydrogens (primary N) is 1. The summed E-state index contributed by atoms with van der Waals surface area (Å²) in [4.78, 5) is 0. The molecule has 2 aromatic rings. The van der Waals surface area contributed by atoms with Crippen molar-refractivity contribution in [2.75, 3.05) is 0 Å². The fourth-order valence-electron chi connectivity index (χ4n) is 2.01. The molecule has 4 nitrogen and oxygen atoms in total. The Morgan fingerprint density at radius 3 is 2.57 bits per heavy atom. The topological polar surface area (TPSA) is 67.8 Å². The molecule has 110 valence electrons. The van der Waals surface area contributed by atoms with Crippen LogP contribution in [0.4, 0.5) is 0 Å². The van der Waals surface area contributed by atoms with Crippen molar-refractivity contribution in [3.8, 4) is 11.5 Å². The first-order valence-corrected chi connectivity index (χ1v) is 7.36. The number of rotatable bonds is 4. The number of para-hydroxylation sites is 1. The first-order valence-electron chi connectivity index (χ1n) is 6.57. The zero-order chi connectivity index (χ0) is 15.4. The second-order valence-electron chi connectivity index (χ2n) is 4.92.